The fourth-order valence-electron chi connectivity index (χ4n) is 1.82. The van der Waals surface area contributed by atoms with Crippen molar-refractivity contribution in [3.63, 3.8) is 0 Å². The van der Waals surface area contributed by atoms with Crippen LogP contribution in [0.1, 0.15) is 10.7 Å². The molecule has 5 nitrogen and oxygen atoms in total. The van der Waals surface area contributed by atoms with E-state index < -0.39 is 0 Å². The summed E-state index contributed by atoms with van der Waals surface area (Å²) in [6.07, 6.45) is 1.76. The topological polar surface area (TPSA) is 74.5 Å². The molecule has 0 spiro atoms. The van der Waals surface area contributed by atoms with E-state index >= 15 is 0 Å². The molecule has 3 aromatic rings. The lowest BCUT2D eigenvalue weighted by Gasteiger charge is -2.08. The second-order valence-corrected chi connectivity index (χ2v) is 4.81. The number of fused-ring (bicyclic) bond motifs is 1. The third kappa shape index (κ3) is 2.23. The zero-order valence-electron chi connectivity index (χ0n) is 9.87. The van der Waals surface area contributed by atoms with Crippen LogP contribution < -0.4 is 5.32 Å². The SMILES string of the molecule is N#Cc1nnc2ccccc2c1NCc1nccs1. The zero-order valence-corrected chi connectivity index (χ0v) is 10.7. The summed E-state index contributed by atoms with van der Waals surface area (Å²) in [6, 6.07) is 9.68. The van der Waals surface area contributed by atoms with Gasteiger partial charge in [0.05, 0.1) is 17.7 Å². The maximum atomic E-state index is 9.13. The molecule has 2 aromatic heterocycles. The number of benzene rings is 1. The van der Waals surface area contributed by atoms with Crippen molar-refractivity contribution in [2.24, 2.45) is 0 Å². The summed E-state index contributed by atoms with van der Waals surface area (Å²) in [6.45, 7) is 0.571. The van der Waals surface area contributed by atoms with E-state index in [-0.39, 0.29) is 0 Å². The number of aromatic nitrogens is 3. The molecule has 6 heteroatoms. The van der Waals surface area contributed by atoms with E-state index in [0.29, 0.717) is 17.9 Å². The summed E-state index contributed by atoms with van der Waals surface area (Å²) in [4.78, 5) is 4.20. The van der Waals surface area contributed by atoms with Gasteiger partial charge >= 0.3 is 0 Å². The first kappa shape index (κ1) is 11.6. The summed E-state index contributed by atoms with van der Waals surface area (Å²) < 4.78 is 0. The Hall–Kier alpha value is -2.52. The lowest BCUT2D eigenvalue weighted by molar-refractivity contribution is 1.03. The Bertz CT molecular complexity index is 745. The second kappa shape index (κ2) is 5.00. The van der Waals surface area contributed by atoms with Crippen LogP contribution in [0.2, 0.25) is 0 Å². The van der Waals surface area contributed by atoms with Gasteiger partial charge in [0.15, 0.2) is 5.69 Å². The van der Waals surface area contributed by atoms with Crippen molar-refractivity contribution in [2.75, 3.05) is 5.32 Å². The van der Waals surface area contributed by atoms with Gasteiger partial charge in [-0.15, -0.1) is 21.5 Å². The Labute approximate surface area is 113 Å². The molecule has 92 valence electrons. The molecule has 19 heavy (non-hydrogen) atoms. The summed E-state index contributed by atoms with van der Waals surface area (Å²) >= 11 is 1.57. The van der Waals surface area contributed by atoms with Crippen molar-refractivity contribution in [2.45, 2.75) is 6.54 Å². The van der Waals surface area contributed by atoms with E-state index in [1.54, 1.807) is 17.5 Å². The Morgan fingerprint density at radius 1 is 1.26 bits per heavy atom. The van der Waals surface area contributed by atoms with Crippen molar-refractivity contribution in [3.05, 3.63) is 46.5 Å². The Morgan fingerprint density at radius 3 is 2.95 bits per heavy atom. The van der Waals surface area contributed by atoms with Gasteiger partial charge in [0.25, 0.3) is 0 Å². The standard InChI is InChI=1S/C13H9N5S/c14-7-11-13(16-8-12-15-5-6-19-12)9-3-1-2-4-10(9)17-18-11/h1-6H,8H2,(H,16,17). The molecule has 0 bridgehead atoms. The number of hydrogen-bond acceptors (Lipinski definition) is 6. The molecule has 0 aliphatic heterocycles. The molecule has 0 atom stereocenters. The molecule has 0 saturated carbocycles. The molecule has 0 fully saturated rings. The molecule has 3 rings (SSSR count). The average Bonchev–Trinajstić information content (AvgIpc) is 2.97. The molecule has 0 amide bonds. The number of thiazole rings is 1. The van der Waals surface area contributed by atoms with Crippen LogP contribution in [0.15, 0.2) is 35.8 Å². The quantitative estimate of drug-likeness (QED) is 0.789. The molecule has 0 saturated heterocycles. The number of nitrogens with one attached hydrogen (secondary N) is 1. The molecule has 1 aromatic carbocycles. The predicted octanol–water partition coefficient (Wildman–Crippen LogP) is 2.57. The molecule has 0 aliphatic carbocycles. The smallest absolute Gasteiger partial charge is 0.186 e. The number of rotatable bonds is 3. The first-order valence-corrected chi connectivity index (χ1v) is 6.54. The third-order valence-corrected chi connectivity index (χ3v) is 3.45. The van der Waals surface area contributed by atoms with Gasteiger partial charge in [0, 0.05) is 17.0 Å². The minimum Gasteiger partial charge on any atom is -0.376 e. The van der Waals surface area contributed by atoms with Gasteiger partial charge in [-0.2, -0.15) is 5.26 Å². The van der Waals surface area contributed by atoms with Crippen molar-refractivity contribution in [3.8, 4) is 6.07 Å². The monoisotopic (exact) mass is 267 g/mol. The number of hydrogen-bond donors (Lipinski definition) is 1. The lowest BCUT2D eigenvalue weighted by atomic mass is 10.1. The van der Waals surface area contributed by atoms with Crippen LogP contribution in [-0.4, -0.2) is 15.2 Å². The molecule has 1 N–H and O–H groups in total. The zero-order chi connectivity index (χ0) is 13.1. The van der Waals surface area contributed by atoms with Crippen molar-refractivity contribution < 1.29 is 0 Å². The average molecular weight is 267 g/mol. The molecular weight excluding hydrogens is 258 g/mol. The minimum atomic E-state index is 0.301. The summed E-state index contributed by atoms with van der Waals surface area (Å²) in [5.74, 6) is 0. The Morgan fingerprint density at radius 2 is 2.16 bits per heavy atom. The third-order valence-electron chi connectivity index (χ3n) is 2.67. The van der Waals surface area contributed by atoms with Gasteiger partial charge in [-0.05, 0) is 6.07 Å². The summed E-state index contributed by atoms with van der Waals surface area (Å²) in [5.41, 5.74) is 1.78. The fourth-order valence-corrected chi connectivity index (χ4v) is 2.37. The maximum Gasteiger partial charge on any atom is 0.186 e. The van der Waals surface area contributed by atoms with Crippen molar-refractivity contribution in [1.29, 1.82) is 5.26 Å². The van der Waals surface area contributed by atoms with Gasteiger partial charge < -0.3 is 5.32 Å². The lowest BCUT2D eigenvalue weighted by Crippen LogP contribution is -2.04. The summed E-state index contributed by atoms with van der Waals surface area (Å²) in [7, 11) is 0. The highest BCUT2D eigenvalue weighted by atomic mass is 32.1. The molecular formula is C13H9N5S. The highest BCUT2D eigenvalue weighted by molar-refractivity contribution is 7.09. The van der Waals surface area contributed by atoms with E-state index in [1.807, 2.05) is 29.6 Å². The van der Waals surface area contributed by atoms with E-state index in [1.165, 1.54) is 0 Å². The van der Waals surface area contributed by atoms with Crippen LogP contribution in [0.5, 0.6) is 0 Å². The van der Waals surface area contributed by atoms with Crippen LogP contribution in [0.25, 0.3) is 10.9 Å². The Kier molecular flexibility index (Phi) is 3.04. The fraction of sp³-hybridized carbons (Fsp3) is 0.0769. The van der Waals surface area contributed by atoms with Crippen LogP contribution in [-0.2, 0) is 6.54 Å². The van der Waals surface area contributed by atoms with Gasteiger partial charge in [-0.25, -0.2) is 4.98 Å². The van der Waals surface area contributed by atoms with Crippen molar-refractivity contribution >= 4 is 27.9 Å². The molecule has 0 aliphatic rings. The maximum absolute atomic E-state index is 9.13. The van der Waals surface area contributed by atoms with Crippen LogP contribution in [0.4, 0.5) is 5.69 Å². The highest BCUT2D eigenvalue weighted by Crippen LogP contribution is 2.24. The largest absolute Gasteiger partial charge is 0.376 e. The van der Waals surface area contributed by atoms with Crippen molar-refractivity contribution in [1.82, 2.24) is 15.2 Å². The molecule has 2 heterocycles. The molecule has 0 radical (unpaired) electrons. The first-order chi connectivity index (χ1) is 9.38. The second-order valence-electron chi connectivity index (χ2n) is 3.83. The van der Waals surface area contributed by atoms with Gasteiger partial charge in [-0.1, -0.05) is 18.2 Å². The number of nitriles is 1. The Balaban J connectivity index is 2.02. The first-order valence-electron chi connectivity index (χ1n) is 5.66. The van der Waals surface area contributed by atoms with Gasteiger partial charge in [-0.3, -0.25) is 0 Å². The van der Waals surface area contributed by atoms with E-state index in [2.05, 4.69) is 26.6 Å². The normalized spacial score (nSPS) is 10.3. The van der Waals surface area contributed by atoms with Crippen LogP contribution in [0.3, 0.4) is 0 Å². The number of nitrogens with zero attached hydrogens (tertiary/aromatic N) is 4. The van der Waals surface area contributed by atoms with E-state index in [4.69, 9.17) is 5.26 Å². The van der Waals surface area contributed by atoms with Crippen LogP contribution >= 0.6 is 11.3 Å². The molecule has 0 unspecified atom stereocenters. The minimum absolute atomic E-state index is 0.301. The predicted molar refractivity (Wildman–Crippen MR) is 73.7 cm³/mol. The van der Waals surface area contributed by atoms with Gasteiger partial charge in [0.2, 0.25) is 0 Å². The van der Waals surface area contributed by atoms with E-state index in [0.717, 1.165) is 15.9 Å². The van der Waals surface area contributed by atoms with E-state index in [9.17, 15) is 0 Å². The highest BCUT2D eigenvalue weighted by Gasteiger charge is 2.10. The van der Waals surface area contributed by atoms with Crippen LogP contribution in [0, 0.1) is 11.3 Å². The van der Waals surface area contributed by atoms with Gasteiger partial charge in [0.1, 0.15) is 11.1 Å². The summed E-state index contributed by atoms with van der Waals surface area (Å²) in [5, 5.41) is 24.1. The number of anilines is 1.